The van der Waals surface area contributed by atoms with Crippen molar-refractivity contribution in [1.29, 1.82) is 0 Å². The Hall–Kier alpha value is -2.99. The summed E-state index contributed by atoms with van der Waals surface area (Å²) in [4.78, 5) is 20.9. The highest BCUT2D eigenvalue weighted by Crippen LogP contribution is 2.27. The van der Waals surface area contributed by atoms with Crippen molar-refractivity contribution < 1.29 is 9.53 Å². The van der Waals surface area contributed by atoms with Gasteiger partial charge in [-0.15, -0.1) is 0 Å². The van der Waals surface area contributed by atoms with E-state index in [0.29, 0.717) is 13.2 Å². The van der Waals surface area contributed by atoms with Gasteiger partial charge in [0.05, 0.1) is 11.6 Å². The molecule has 0 bridgehead atoms. The SMILES string of the molecule is O=C(NCCc1ccnc2ccccc12)N[C@@H]1CCO[C@@H](c2cccnc2)C1. The van der Waals surface area contributed by atoms with E-state index >= 15 is 0 Å². The minimum Gasteiger partial charge on any atom is -0.373 e. The van der Waals surface area contributed by atoms with Gasteiger partial charge in [-0.25, -0.2) is 4.79 Å². The van der Waals surface area contributed by atoms with Crippen molar-refractivity contribution in [2.75, 3.05) is 13.2 Å². The Bertz CT molecular complexity index is 927. The number of aromatic nitrogens is 2. The fourth-order valence-corrected chi connectivity index (χ4v) is 3.65. The van der Waals surface area contributed by atoms with Crippen LogP contribution in [0.4, 0.5) is 4.79 Å². The van der Waals surface area contributed by atoms with E-state index in [9.17, 15) is 4.79 Å². The molecule has 6 nitrogen and oxygen atoms in total. The first kappa shape index (κ1) is 18.4. The molecule has 2 amide bonds. The van der Waals surface area contributed by atoms with Crippen LogP contribution in [0.2, 0.25) is 0 Å². The first-order valence-electron chi connectivity index (χ1n) is 9.68. The minimum atomic E-state index is -0.129. The molecule has 0 radical (unpaired) electrons. The average Bonchev–Trinajstić information content (AvgIpc) is 2.75. The Labute approximate surface area is 164 Å². The van der Waals surface area contributed by atoms with Crippen molar-refractivity contribution in [3.05, 3.63) is 72.2 Å². The number of amides is 2. The van der Waals surface area contributed by atoms with Crippen LogP contribution in [0, 0.1) is 0 Å². The van der Waals surface area contributed by atoms with E-state index in [1.54, 1.807) is 6.20 Å². The number of para-hydroxylation sites is 1. The Kier molecular flexibility index (Phi) is 5.77. The van der Waals surface area contributed by atoms with Gasteiger partial charge >= 0.3 is 6.03 Å². The fraction of sp³-hybridized carbons (Fsp3) is 0.318. The number of hydrogen-bond acceptors (Lipinski definition) is 4. The highest BCUT2D eigenvalue weighted by atomic mass is 16.5. The largest absolute Gasteiger partial charge is 0.373 e. The molecule has 1 fully saturated rings. The fourth-order valence-electron chi connectivity index (χ4n) is 3.65. The lowest BCUT2D eigenvalue weighted by Gasteiger charge is -2.30. The van der Waals surface area contributed by atoms with Gasteiger partial charge in [-0.3, -0.25) is 9.97 Å². The Morgan fingerprint density at radius 1 is 1.14 bits per heavy atom. The second-order valence-electron chi connectivity index (χ2n) is 7.00. The summed E-state index contributed by atoms with van der Waals surface area (Å²) in [5, 5.41) is 7.19. The van der Waals surface area contributed by atoms with Crippen LogP contribution in [-0.2, 0) is 11.2 Å². The van der Waals surface area contributed by atoms with Gasteiger partial charge in [-0.1, -0.05) is 24.3 Å². The van der Waals surface area contributed by atoms with E-state index in [2.05, 4.69) is 26.7 Å². The van der Waals surface area contributed by atoms with E-state index in [1.807, 2.05) is 48.8 Å². The predicted octanol–water partition coefficient (Wildman–Crippen LogP) is 3.39. The lowest BCUT2D eigenvalue weighted by molar-refractivity contribution is 0.00208. The van der Waals surface area contributed by atoms with Gasteiger partial charge in [0, 0.05) is 43.2 Å². The Morgan fingerprint density at radius 2 is 2.07 bits per heavy atom. The molecule has 2 atom stereocenters. The zero-order valence-corrected chi connectivity index (χ0v) is 15.7. The van der Waals surface area contributed by atoms with Crippen molar-refractivity contribution >= 4 is 16.9 Å². The topological polar surface area (TPSA) is 76.1 Å². The second-order valence-corrected chi connectivity index (χ2v) is 7.00. The summed E-state index contributed by atoms with van der Waals surface area (Å²) in [5.41, 5.74) is 3.22. The molecule has 2 N–H and O–H groups in total. The summed E-state index contributed by atoms with van der Waals surface area (Å²) in [5.74, 6) is 0. The normalized spacial score (nSPS) is 19.3. The number of carbonyl (C=O) groups excluding carboxylic acids is 1. The number of nitrogens with one attached hydrogen (secondary N) is 2. The number of nitrogens with zero attached hydrogens (tertiary/aromatic N) is 2. The highest BCUT2D eigenvalue weighted by molar-refractivity contribution is 5.82. The monoisotopic (exact) mass is 376 g/mol. The number of benzene rings is 1. The lowest BCUT2D eigenvalue weighted by Crippen LogP contribution is -2.45. The van der Waals surface area contributed by atoms with Crippen LogP contribution >= 0.6 is 0 Å². The molecule has 144 valence electrons. The molecule has 0 spiro atoms. The van der Waals surface area contributed by atoms with E-state index < -0.39 is 0 Å². The molecule has 3 aromatic rings. The van der Waals surface area contributed by atoms with Crippen LogP contribution in [-0.4, -0.2) is 35.2 Å². The number of ether oxygens (including phenoxy) is 1. The van der Waals surface area contributed by atoms with Gasteiger partial charge in [0.25, 0.3) is 0 Å². The van der Waals surface area contributed by atoms with Crippen LogP contribution in [0.5, 0.6) is 0 Å². The Balaban J connectivity index is 1.27. The van der Waals surface area contributed by atoms with Gasteiger partial charge in [0.15, 0.2) is 0 Å². The third-order valence-corrected chi connectivity index (χ3v) is 5.09. The van der Waals surface area contributed by atoms with Crippen LogP contribution in [0.3, 0.4) is 0 Å². The van der Waals surface area contributed by atoms with Gasteiger partial charge in [-0.2, -0.15) is 0 Å². The van der Waals surface area contributed by atoms with Gasteiger partial charge in [0.2, 0.25) is 0 Å². The maximum atomic E-state index is 12.3. The number of pyridine rings is 2. The lowest BCUT2D eigenvalue weighted by atomic mass is 9.99. The van der Waals surface area contributed by atoms with Crippen molar-refractivity contribution in [2.45, 2.75) is 31.4 Å². The molecule has 1 aliphatic heterocycles. The first-order valence-corrected chi connectivity index (χ1v) is 9.68. The van der Waals surface area contributed by atoms with E-state index in [4.69, 9.17) is 4.74 Å². The molecule has 1 saturated heterocycles. The Morgan fingerprint density at radius 3 is 2.96 bits per heavy atom. The van der Waals surface area contributed by atoms with Crippen molar-refractivity contribution in [2.24, 2.45) is 0 Å². The molecule has 3 heterocycles. The number of fused-ring (bicyclic) bond motifs is 1. The maximum absolute atomic E-state index is 12.3. The summed E-state index contributed by atoms with van der Waals surface area (Å²) in [7, 11) is 0. The van der Waals surface area contributed by atoms with Crippen LogP contribution in [0.25, 0.3) is 10.9 Å². The third-order valence-electron chi connectivity index (χ3n) is 5.09. The minimum absolute atomic E-state index is 0.0177. The van der Waals surface area contributed by atoms with Gasteiger partial charge in [0.1, 0.15) is 0 Å². The second kappa shape index (κ2) is 8.80. The first-order chi connectivity index (χ1) is 13.8. The molecule has 1 aliphatic rings. The van der Waals surface area contributed by atoms with Crippen LogP contribution in [0.1, 0.15) is 30.1 Å². The highest BCUT2D eigenvalue weighted by Gasteiger charge is 2.25. The quantitative estimate of drug-likeness (QED) is 0.716. The van der Waals surface area contributed by atoms with E-state index in [-0.39, 0.29) is 18.2 Å². The number of hydrogen-bond donors (Lipinski definition) is 2. The summed E-state index contributed by atoms with van der Waals surface area (Å²) >= 11 is 0. The van der Waals surface area contributed by atoms with Crippen LogP contribution in [0.15, 0.2) is 61.1 Å². The summed E-state index contributed by atoms with van der Waals surface area (Å²) < 4.78 is 5.84. The molecule has 6 heteroatoms. The zero-order valence-electron chi connectivity index (χ0n) is 15.7. The molecular formula is C22H24N4O2. The molecule has 2 aromatic heterocycles. The van der Waals surface area contributed by atoms with Crippen LogP contribution < -0.4 is 10.6 Å². The number of carbonyl (C=O) groups is 1. The average molecular weight is 376 g/mol. The van der Waals surface area contributed by atoms with Crippen molar-refractivity contribution in [1.82, 2.24) is 20.6 Å². The molecule has 0 unspecified atom stereocenters. The molecule has 0 saturated carbocycles. The predicted molar refractivity (Wildman–Crippen MR) is 108 cm³/mol. The van der Waals surface area contributed by atoms with E-state index in [0.717, 1.165) is 35.7 Å². The van der Waals surface area contributed by atoms with Gasteiger partial charge < -0.3 is 15.4 Å². The number of rotatable bonds is 5. The summed E-state index contributed by atoms with van der Waals surface area (Å²) in [6, 6.07) is 14.0. The van der Waals surface area contributed by atoms with E-state index in [1.165, 1.54) is 5.56 Å². The number of urea groups is 1. The standard InChI is InChI=1S/C22H24N4O2/c27-22(25-12-8-16-7-11-24-20-6-2-1-5-19(16)20)26-18-9-13-28-21(14-18)17-4-3-10-23-15-17/h1-7,10-11,15,18,21H,8-9,12-14H2,(H2,25,26,27)/t18-,21-/m1/s1. The molecule has 4 rings (SSSR count). The molecular weight excluding hydrogens is 352 g/mol. The zero-order chi connectivity index (χ0) is 19.2. The summed E-state index contributed by atoms with van der Waals surface area (Å²) in [6.07, 6.45) is 7.72. The third kappa shape index (κ3) is 4.46. The van der Waals surface area contributed by atoms with Gasteiger partial charge in [-0.05, 0) is 48.6 Å². The van der Waals surface area contributed by atoms with Crippen molar-refractivity contribution in [3.8, 4) is 0 Å². The molecule has 0 aliphatic carbocycles. The maximum Gasteiger partial charge on any atom is 0.315 e. The molecule has 1 aromatic carbocycles. The molecule has 28 heavy (non-hydrogen) atoms. The smallest absolute Gasteiger partial charge is 0.315 e. The summed E-state index contributed by atoms with van der Waals surface area (Å²) in [6.45, 7) is 1.21. The van der Waals surface area contributed by atoms with Crippen molar-refractivity contribution in [3.63, 3.8) is 0 Å².